The maximum Gasteiger partial charge on any atom is 0.257 e. The van der Waals surface area contributed by atoms with Crippen LogP contribution in [-0.2, 0) is 0 Å². The van der Waals surface area contributed by atoms with Gasteiger partial charge in [0.1, 0.15) is 5.82 Å². The fourth-order valence-electron chi connectivity index (χ4n) is 3.26. The topological polar surface area (TPSA) is 61.6 Å². The van der Waals surface area contributed by atoms with Gasteiger partial charge in [0.05, 0.1) is 29.2 Å². The minimum Gasteiger partial charge on any atom is -0.395 e. The molecule has 0 atom stereocenters. The van der Waals surface area contributed by atoms with Gasteiger partial charge in [0.25, 0.3) is 5.91 Å². The summed E-state index contributed by atoms with van der Waals surface area (Å²) >= 11 is 0. The summed E-state index contributed by atoms with van der Waals surface area (Å²) in [6.45, 7) is 7.26. The van der Waals surface area contributed by atoms with Crippen molar-refractivity contribution < 1.29 is 14.3 Å². The van der Waals surface area contributed by atoms with E-state index in [4.69, 9.17) is 5.11 Å². The molecule has 1 N–H and O–H groups in total. The molecule has 0 unspecified atom stereocenters. The minimum absolute atomic E-state index is 0.0213. The average Bonchev–Trinajstić information content (AvgIpc) is 2.90. The van der Waals surface area contributed by atoms with Gasteiger partial charge in [-0.15, -0.1) is 0 Å². The van der Waals surface area contributed by atoms with Gasteiger partial charge in [-0.2, -0.15) is 5.10 Å². The molecule has 1 aliphatic heterocycles. The third-order valence-corrected chi connectivity index (χ3v) is 4.65. The summed E-state index contributed by atoms with van der Waals surface area (Å²) in [4.78, 5) is 16.9. The molecule has 2 heterocycles. The van der Waals surface area contributed by atoms with Gasteiger partial charge in [-0.05, 0) is 38.1 Å². The minimum atomic E-state index is -0.303. The van der Waals surface area contributed by atoms with Crippen molar-refractivity contribution in [2.75, 3.05) is 39.3 Å². The van der Waals surface area contributed by atoms with Crippen LogP contribution in [0.1, 0.15) is 21.7 Å². The van der Waals surface area contributed by atoms with Gasteiger partial charge >= 0.3 is 0 Å². The molecule has 3 rings (SSSR count). The number of β-amino-alcohol motifs (C(OH)–C–C–N with tert-alkyl or cyclic N) is 1. The molecule has 25 heavy (non-hydrogen) atoms. The Morgan fingerprint density at radius 1 is 1.16 bits per heavy atom. The SMILES string of the molecule is Cc1nn(-c2ccc(F)cc2)c(C)c1C(=O)N1CCN(CCO)CC1. The third kappa shape index (κ3) is 3.57. The second-order valence-corrected chi connectivity index (χ2v) is 6.29. The van der Waals surface area contributed by atoms with Crippen LogP contribution in [0.15, 0.2) is 24.3 Å². The molecule has 1 saturated heterocycles. The van der Waals surface area contributed by atoms with Crippen LogP contribution >= 0.6 is 0 Å². The molecule has 0 aliphatic carbocycles. The van der Waals surface area contributed by atoms with Crippen molar-refractivity contribution in [3.63, 3.8) is 0 Å². The predicted molar refractivity (Wildman–Crippen MR) is 92.4 cm³/mol. The van der Waals surface area contributed by atoms with Crippen molar-refractivity contribution in [1.82, 2.24) is 19.6 Å². The monoisotopic (exact) mass is 346 g/mol. The van der Waals surface area contributed by atoms with E-state index < -0.39 is 0 Å². The Morgan fingerprint density at radius 3 is 2.40 bits per heavy atom. The van der Waals surface area contributed by atoms with Gasteiger partial charge in [0.2, 0.25) is 0 Å². The van der Waals surface area contributed by atoms with Crippen LogP contribution in [0, 0.1) is 19.7 Å². The molecule has 1 aromatic heterocycles. The van der Waals surface area contributed by atoms with Crippen LogP contribution in [0.3, 0.4) is 0 Å². The van der Waals surface area contributed by atoms with Crippen LogP contribution in [-0.4, -0.2) is 69.9 Å². The number of carbonyl (C=O) groups excluding carboxylic acids is 1. The zero-order chi connectivity index (χ0) is 18.0. The maximum atomic E-state index is 13.1. The molecule has 1 amide bonds. The highest BCUT2D eigenvalue weighted by Gasteiger charge is 2.27. The highest BCUT2D eigenvalue weighted by molar-refractivity contribution is 5.96. The largest absolute Gasteiger partial charge is 0.395 e. The Hall–Kier alpha value is -2.25. The Bertz CT molecular complexity index is 749. The van der Waals surface area contributed by atoms with Gasteiger partial charge in [-0.3, -0.25) is 9.69 Å². The number of benzene rings is 1. The van der Waals surface area contributed by atoms with Crippen LogP contribution in [0.2, 0.25) is 0 Å². The first-order chi connectivity index (χ1) is 12.0. The molecule has 2 aromatic rings. The lowest BCUT2D eigenvalue weighted by Gasteiger charge is -2.34. The summed E-state index contributed by atoms with van der Waals surface area (Å²) in [6, 6.07) is 6.06. The summed E-state index contributed by atoms with van der Waals surface area (Å²) < 4.78 is 14.8. The Morgan fingerprint density at radius 2 is 1.80 bits per heavy atom. The van der Waals surface area contributed by atoms with Crippen molar-refractivity contribution in [3.8, 4) is 5.69 Å². The zero-order valence-corrected chi connectivity index (χ0v) is 14.6. The number of piperazine rings is 1. The fourth-order valence-corrected chi connectivity index (χ4v) is 3.26. The number of aliphatic hydroxyl groups excluding tert-OH is 1. The molecule has 0 radical (unpaired) electrons. The van der Waals surface area contributed by atoms with E-state index >= 15 is 0 Å². The molecular weight excluding hydrogens is 323 g/mol. The predicted octanol–water partition coefficient (Wildman–Crippen LogP) is 1.38. The van der Waals surface area contributed by atoms with E-state index in [9.17, 15) is 9.18 Å². The highest BCUT2D eigenvalue weighted by Crippen LogP contribution is 2.20. The first-order valence-corrected chi connectivity index (χ1v) is 8.46. The lowest BCUT2D eigenvalue weighted by Crippen LogP contribution is -2.49. The van der Waals surface area contributed by atoms with Crippen molar-refractivity contribution in [3.05, 3.63) is 47.0 Å². The molecule has 0 saturated carbocycles. The van der Waals surface area contributed by atoms with Crippen molar-refractivity contribution in [2.24, 2.45) is 0 Å². The molecule has 7 heteroatoms. The summed E-state index contributed by atoms with van der Waals surface area (Å²) in [5, 5.41) is 13.5. The van der Waals surface area contributed by atoms with E-state index in [0.29, 0.717) is 30.9 Å². The van der Waals surface area contributed by atoms with Crippen LogP contribution < -0.4 is 0 Å². The van der Waals surface area contributed by atoms with Gasteiger partial charge in [-0.1, -0.05) is 0 Å². The van der Waals surface area contributed by atoms with Crippen molar-refractivity contribution in [2.45, 2.75) is 13.8 Å². The third-order valence-electron chi connectivity index (χ3n) is 4.65. The number of hydrogen-bond donors (Lipinski definition) is 1. The number of halogens is 1. The Balaban J connectivity index is 1.81. The molecular formula is C18H23FN4O2. The second-order valence-electron chi connectivity index (χ2n) is 6.29. The highest BCUT2D eigenvalue weighted by atomic mass is 19.1. The number of aromatic nitrogens is 2. The molecule has 0 spiro atoms. The van der Waals surface area contributed by atoms with Gasteiger partial charge in [0.15, 0.2) is 0 Å². The van der Waals surface area contributed by atoms with E-state index in [0.717, 1.165) is 24.5 Å². The average molecular weight is 346 g/mol. The van der Waals surface area contributed by atoms with Gasteiger partial charge < -0.3 is 10.0 Å². The van der Waals surface area contributed by atoms with Crippen LogP contribution in [0.25, 0.3) is 5.69 Å². The summed E-state index contributed by atoms with van der Waals surface area (Å²) in [5.41, 5.74) is 2.77. The van der Waals surface area contributed by atoms with Gasteiger partial charge in [-0.25, -0.2) is 9.07 Å². The molecule has 1 aromatic carbocycles. The normalized spacial score (nSPS) is 15.6. The smallest absolute Gasteiger partial charge is 0.257 e. The molecule has 0 bridgehead atoms. The van der Waals surface area contributed by atoms with E-state index in [2.05, 4.69) is 10.00 Å². The number of aryl methyl sites for hydroxylation is 1. The first-order valence-electron chi connectivity index (χ1n) is 8.46. The second kappa shape index (κ2) is 7.33. The molecule has 134 valence electrons. The summed E-state index contributed by atoms with van der Waals surface area (Å²) in [7, 11) is 0. The van der Waals surface area contributed by atoms with Crippen molar-refractivity contribution in [1.29, 1.82) is 0 Å². The lowest BCUT2D eigenvalue weighted by molar-refractivity contribution is 0.0613. The van der Waals surface area contributed by atoms with E-state index in [1.807, 2.05) is 18.7 Å². The first kappa shape index (κ1) is 17.6. The van der Waals surface area contributed by atoms with Gasteiger partial charge in [0, 0.05) is 32.7 Å². The number of carbonyl (C=O) groups is 1. The van der Waals surface area contributed by atoms with E-state index in [1.165, 1.54) is 12.1 Å². The number of aliphatic hydroxyl groups is 1. The lowest BCUT2D eigenvalue weighted by atomic mass is 10.1. The summed E-state index contributed by atoms with van der Waals surface area (Å²) in [5.74, 6) is -0.325. The summed E-state index contributed by atoms with van der Waals surface area (Å²) in [6.07, 6.45) is 0. The number of nitrogens with zero attached hydrogens (tertiary/aromatic N) is 4. The zero-order valence-electron chi connectivity index (χ0n) is 14.6. The van der Waals surface area contributed by atoms with Crippen LogP contribution in [0.4, 0.5) is 4.39 Å². The van der Waals surface area contributed by atoms with Crippen molar-refractivity contribution >= 4 is 5.91 Å². The van der Waals surface area contributed by atoms with E-state index in [1.54, 1.807) is 16.8 Å². The van der Waals surface area contributed by atoms with Crippen LogP contribution in [0.5, 0.6) is 0 Å². The standard InChI is InChI=1S/C18H23FN4O2/c1-13-17(18(25)22-9-7-21(8-10-22)11-12-24)14(2)23(20-13)16-5-3-15(19)4-6-16/h3-6,24H,7-12H2,1-2H3. The molecule has 1 fully saturated rings. The number of hydrogen-bond acceptors (Lipinski definition) is 4. The number of rotatable bonds is 4. The Kier molecular flexibility index (Phi) is 5.15. The molecule has 6 nitrogen and oxygen atoms in total. The van der Waals surface area contributed by atoms with E-state index in [-0.39, 0.29) is 18.3 Å². The Labute approximate surface area is 146 Å². The number of amides is 1. The maximum absolute atomic E-state index is 13.1. The molecule has 1 aliphatic rings. The quantitative estimate of drug-likeness (QED) is 0.909. The fraction of sp³-hybridized carbons (Fsp3) is 0.444.